The molecule has 0 aliphatic heterocycles. The SMILES string of the molecule is C=CCC(c1cc(Cl)ccc1N(C)C(C)=O)N(CC)CCc1ccccc1. The second kappa shape index (κ2) is 10.3. The van der Waals surface area contributed by atoms with E-state index in [0.717, 1.165) is 37.2 Å². The van der Waals surface area contributed by atoms with E-state index in [0.29, 0.717) is 5.02 Å². The topological polar surface area (TPSA) is 23.6 Å². The van der Waals surface area contributed by atoms with E-state index in [1.807, 2.05) is 30.3 Å². The van der Waals surface area contributed by atoms with E-state index in [9.17, 15) is 4.79 Å². The lowest BCUT2D eigenvalue weighted by molar-refractivity contribution is -0.116. The molecule has 1 unspecified atom stereocenters. The van der Waals surface area contributed by atoms with Gasteiger partial charge in [0.1, 0.15) is 0 Å². The van der Waals surface area contributed by atoms with Gasteiger partial charge < -0.3 is 4.90 Å². The summed E-state index contributed by atoms with van der Waals surface area (Å²) in [5, 5.41) is 0.680. The van der Waals surface area contributed by atoms with Gasteiger partial charge in [0.25, 0.3) is 0 Å². The van der Waals surface area contributed by atoms with Gasteiger partial charge in [0.2, 0.25) is 5.91 Å². The van der Waals surface area contributed by atoms with Crippen LogP contribution in [0.15, 0.2) is 61.2 Å². The molecular formula is C23H29ClN2O. The van der Waals surface area contributed by atoms with Crippen molar-refractivity contribution in [3.63, 3.8) is 0 Å². The number of rotatable bonds is 9. The van der Waals surface area contributed by atoms with Crippen LogP contribution in [0.1, 0.15) is 37.4 Å². The summed E-state index contributed by atoms with van der Waals surface area (Å²) in [6.07, 6.45) is 3.71. The zero-order chi connectivity index (χ0) is 19.8. The molecule has 0 fully saturated rings. The molecule has 0 saturated carbocycles. The van der Waals surface area contributed by atoms with Gasteiger partial charge in [0.05, 0.1) is 0 Å². The van der Waals surface area contributed by atoms with Crippen LogP contribution in [0, 0.1) is 0 Å². The van der Waals surface area contributed by atoms with Crippen LogP contribution >= 0.6 is 11.6 Å². The van der Waals surface area contributed by atoms with Gasteiger partial charge in [-0.05, 0) is 48.7 Å². The van der Waals surface area contributed by atoms with Crippen LogP contribution in [0.5, 0.6) is 0 Å². The Morgan fingerprint density at radius 3 is 2.52 bits per heavy atom. The van der Waals surface area contributed by atoms with Crippen LogP contribution < -0.4 is 4.90 Å². The summed E-state index contributed by atoms with van der Waals surface area (Å²) in [5.41, 5.74) is 3.28. The Hall–Kier alpha value is -2.10. The molecule has 0 radical (unpaired) electrons. The fraction of sp³-hybridized carbons (Fsp3) is 0.348. The first kappa shape index (κ1) is 21.2. The molecular weight excluding hydrogens is 356 g/mol. The van der Waals surface area contributed by atoms with Gasteiger partial charge in [-0.25, -0.2) is 0 Å². The maximum Gasteiger partial charge on any atom is 0.223 e. The highest BCUT2D eigenvalue weighted by atomic mass is 35.5. The lowest BCUT2D eigenvalue weighted by Crippen LogP contribution is -2.33. The first-order valence-electron chi connectivity index (χ1n) is 9.40. The number of carbonyl (C=O) groups excluding carboxylic acids is 1. The number of hydrogen-bond acceptors (Lipinski definition) is 2. The highest BCUT2D eigenvalue weighted by molar-refractivity contribution is 6.30. The van der Waals surface area contributed by atoms with E-state index in [1.165, 1.54) is 5.56 Å². The number of carbonyl (C=O) groups is 1. The summed E-state index contributed by atoms with van der Waals surface area (Å²) in [7, 11) is 1.81. The molecule has 0 aromatic heterocycles. The fourth-order valence-corrected chi connectivity index (χ4v) is 3.53. The monoisotopic (exact) mass is 384 g/mol. The fourth-order valence-electron chi connectivity index (χ4n) is 3.35. The Morgan fingerprint density at radius 2 is 1.93 bits per heavy atom. The minimum absolute atomic E-state index is 0.00302. The third kappa shape index (κ3) is 5.69. The Morgan fingerprint density at radius 1 is 1.22 bits per heavy atom. The van der Waals surface area contributed by atoms with Crippen molar-refractivity contribution in [3.8, 4) is 0 Å². The molecule has 0 spiro atoms. The number of hydrogen-bond donors (Lipinski definition) is 0. The van der Waals surface area contributed by atoms with Crippen molar-refractivity contribution in [2.24, 2.45) is 0 Å². The molecule has 0 saturated heterocycles. The molecule has 4 heteroatoms. The van der Waals surface area contributed by atoms with Crippen molar-refractivity contribution in [2.45, 2.75) is 32.7 Å². The molecule has 1 atom stereocenters. The Balaban J connectivity index is 2.35. The first-order chi connectivity index (χ1) is 13.0. The minimum atomic E-state index is 0.00302. The number of likely N-dealkylation sites (N-methyl/N-ethyl adjacent to an activating group) is 1. The highest BCUT2D eigenvalue weighted by Crippen LogP contribution is 2.34. The van der Waals surface area contributed by atoms with Crippen LogP contribution in [0.4, 0.5) is 5.69 Å². The zero-order valence-corrected chi connectivity index (χ0v) is 17.2. The molecule has 2 aromatic carbocycles. The number of nitrogens with zero attached hydrogens (tertiary/aromatic N) is 2. The van der Waals surface area contributed by atoms with Crippen LogP contribution in [-0.2, 0) is 11.2 Å². The van der Waals surface area contributed by atoms with E-state index in [1.54, 1.807) is 18.9 Å². The molecule has 0 aliphatic rings. The summed E-state index contributed by atoms with van der Waals surface area (Å²) in [5.74, 6) is 0.00302. The summed E-state index contributed by atoms with van der Waals surface area (Å²) in [6.45, 7) is 9.53. The largest absolute Gasteiger partial charge is 0.315 e. The Kier molecular flexibility index (Phi) is 8.08. The molecule has 1 amide bonds. The van der Waals surface area contributed by atoms with Gasteiger partial charge in [0, 0.05) is 37.3 Å². The minimum Gasteiger partial charge on any atom is -0.315 e. The average molecular weight is 385 g/mol. The number of benzene rings is 2. The summed E-state index contributed by atoms with van der Waals surface area (Å²) in [4.78, 5) is 16.1. The smallest absolute Gasteiger partial charge is 0.223 e. The summed E-state index contributed by atoms with van der Waals surface area (Å²) >= 11 is 6.32. The lowest BCUT2D eigenvalue weighted by Gasteiger charge is -2.33. The summed E-state index contributed by atoms with van der Waals surface area (Å²) < 4.78 is 0. The van der Waals surface area contributed by atoms with E-state index < -0.39 is 0 Å². The number of amides is 1. The lowest BCUT2D eigenvalue weighted by atomic mass is 9.98. The van der Waals surface area contributed by atoms with Gasteiger partial charge in [-0.3, -0.25) is 9.69 Å². The second-order valence-corrected chi connectivity index (χ2v) is 7.12. The predicted molar refractivity (Wildman–Crippen MR) is 115 cm³/mol. The van der Waals surface area contributed by atoms with Crippen molar-refractivity contribution < 1.29 is 4.79 Å². The van der Waals surface area contributed by atoms with E-state index in [-0.39, 0.29) is 11.9 Å². The molecule has 0 N–H and O–H groups in total. The highest BCUT2D eigenvalue weighted by Gasteiger charge is 2.23. The third-order valence-corrected chi connectivity index (χ3v) is 5.18. The summed E-state index contributed by atoms with van der Waals surface area (Å²) in [6, 6.07) is 16.4. The van der Waals surface area contributed by atoms with Crippen LogP contribution in [0.25, 0.3) is 0 Å². The maximum absolute atomic E-state index is 12.0. The van der Waals surface area contributed by atoms with E-state index in [2.05, 4.69) is 42.7 Å². The number of halogens is 1. The van der Waals surface area contributed by atoms with Crippen molar-refractivity contribution in [1.82, 2.24) is 4.90 Å². The van der Waals surface area contributed by atoms with Gasteiger partial charge in [-0.15, -0.1) is 6.58 Å². The third-order valence-electron chi connectivity index (χ3n) is 4.95. The van der Waals surface area contributed by atoms with Crippen molar-refractivity contribution in [1.29, 1.82) is 0 Å². The van der Waals surface area contributed by atoms with Gasteiger partial charge >= 0.3 is 0 Å². The van der Waals surface area contributed by atoms with Gasteiger partial charge in [-0.2, -0.15) is 0 Å². The Bertz CT molecular complexity index is 760. The average Bonchev–Trinajstić information content (AvgIpc) is 2.67. The second-order valence-electron chi connectivity index (χ2n) is 6.69. The maximum atomic E-state index is 12.0. The number of anilines is 1. The predicted octanol–water partition coefficient (Wildman–Crippen LogP) is 5.50. The first-order valence-corrected chi connectivity index (χ1v) is 9.78. The zero-order valence-electron chi connectivity index (χ0n) is 16.5. The quantitative estimate of drug-likeness (QED) is 0.532. The molecule has 144 valence electrons. The molecule has 2 rings (SSSR count). The van der Waals surface area contributed by atoms with Crippen molar-refractivity contribution >= 4 is 23.2 Å². The molecule has 0 bridgehead atoms. The standard InChI is InChI=1S/C23H29ClN2O/c1-5-10-23(26(6-2)16-15-19-11-8-7-9-12-19)21-17-20(24)13-14-22(21)25(4)18(3)27/h5,7-9,11-14,17,23H,1,6,10,15-16H2,2-4H3. The van der Waals surface area contributed by atoms with Crippen LogP contribution in [0.2, 0.25) is 5.02 Å². The molecule has 3 nitrogen and oxygen atoms in total. The normalized spacial score (nSPS) is 12.0. The van der Waals surface area contributed by atoms with Crippen molar-refractivity contribution in [3.05, 3.63) is 77.3 Å². The van der Waals surface area contributed by atoms with Crippen molar-refractivity contribution in [2.75, 3.05) is 25.0 Å². The van der Waals surface area contributed by atoms with Gasteiger partial charge in [-0.1, -0.05) is 54.9 Å². The van der Waals surface area contributed by atoms with Crippen LogP contribution in [0.3, 0.4) is 0 Å². The Labute approximate surface area is 168 Å². The molecule has 0 aliphatic carbocycles. The molecule has 0 heterocycles. The molecule has 2 aromatic rings. The van der Waals surface area contributed by atoms with Crippen LogP contribution in [-0.4, -0.2) is 30.9 Å². The van der Waals surface area contributed by atoms with E-state index in [4.69, 9.17) is 11.6 Å². The van der Waals surface area contributed by atoms with E-state index >= 15 is 0 Å². The molecule has 27 heavy (non-hydrogen) atoms. The van der Waals surface area contributed by atoms with Gasteiger partial charge in [0.15, 0.2) is 0 Å².